The molecular weight excluding hydrogens is 256 g/mol. The predicted molar refractivity (Wildman–Crippen MR) is 87.9 cm³/mol. The summed E-state index contributed by atoms with van der Waals surface area (Å²) in [7, 11) is 0. The van der Waals surface area contributed by atoms with Crippen LogP contribution in [0.4, 0.5) is 0 Å². The van der Waals surface area contributed by atoms with Crippen LogP contribution in [0.1, 0.15) is 43.1 Å². The lowest BCUT2D eigenvalue weighted by Crippen LogP contribution is -2.03. The van der Waals surface area contributed by atoms with E-state index in [-0.39, 0.29) is 0 Å². The lowest BCUT2D eigenvalue weighted by atomic mass is 9.90. The van der Waals surface area contributed by atoms with Crippen molar-refractivity contribution in [2.75, 3.05) is 0 Å². The molecule has 21 heavy (non-hydrogen) atoms. The molecule has 1 aliphatic rings. The second-order valence-electron chi connectivity index (χ2n) is 5.60. The second kappa shape index (κ2) is 5.71. The van der Waals surface area contributed by atoms with Gasteiger partial charge in [-0.25, -0.2) is 0 Å². The van der Waals surface area contributed by atoms with Crippen LogP contribution in [0.25, 0.3) is 5.57 Å². The quantitative estimate of drug-likeness (QED) is 0.846. The molecule has 1 unspecified atom stereocenters. The van der Waals surface area contributed by atoms with Crippen molar-refractivity contribution in [1.29, 1.82) is 0 Å². The number of rotatable bonds is 3. The Labute approximate surface area is 126 Å². The Balaban J connectivity index is 2.06. The highest BCUT2D eigenvalue weighted by atomic mass is 16.3. The summed E-state index contributed by atoms with van der Waals surface area (Å²) >= 11 is 0. The minimum atomic E-state index is -0.580. The standard InChI is InChI=1S/C20H20O/c1-14-12-13-17(15(14)2)18-10-6-7-11-19(18)20(21)16-8-4-3-5-9-16/h3-12,20-21H,13H2,1-2H3. The van der Waals surface area contributed by atoms with Crippen LogP contribution in [0.5, 0.6) is 0 Å². The van der Waals surface area contributed by atoms with Crippen LogP contribution in [0, 0.1) is 0 Å². The molecule has 0 aromatic heterocycles. The van der Waals surface area contributed by atoms with Crippen LogP contribution in [-0.2, 0) is 0 Å². The van der Waals surface area contributed by atoms with Crippen LogP contribution in [0.15, 0.2) is 71.8 Å². The molecule has 0 aliphatic heterocycles. The molecular formula is C20H20O. The molecule has 106 valence electrons. The highest BCUT2D eigenvalue weighted by Crippen LogP contribution is 2.37. The minimum absolute atomic E-state index is 0.580. The van der Waals surface area contributed by atoms with Crippen LogP contribution in [0.2, 0.25) is 0 Å². The fourth-order valence-corrected chi connectivity index (χ4v) is 2.94. The number of hydrogen-bond donors (Lipinski definition) is 1. The van der Waals surface area contributed by atoms with Gasteiger partial charge in [0, 0.05) is 0 Å². The minimum Gasteiger partial charge on any atom is -0.384 e. The predicted octanol–water partition coefficient (Wildman–Crippen LogP) is 4.89. The largest absolute Gasteiger partial charge is 0.384 e. The molecule has 1 atom stereocenters. The zero-order chi connectivity index (χ0) is 14.8. The smallest absolute Gasteiger partial charge is 0.105 e. The van der Waals surface area contributed by atoms with Gasteiger partial charge < -0.3 is 5.11 Å². The number of allylic oxidation sites excluding steroid dienone is 4. The molecule has 0 fully saturated rings. The average molecular weight is 276 g/mol. The molecule has 2 aromatic rings. The Bertz CT molecular complexity index is 708. The number of benzene rings is 2. The van der Waals surface area contributed by atoms with E-state index in [1.54, 1.807) is 0 Å². The molecule has 0 radical (unpaired) electrons. The van der Waals surface area contributed by atoms with E-state index in [2.05, 4.69) is 26.0 Å². The van der Waals surface area contributed by atoms with Crippen LogP contribution in [0.3, 0.4) is 0 Å². The van der Waals surface area contributed by atoms with E-state index in [1.807, 2.05) is 48.5 Å². The van der Waals surface area contributed by atoms with Gasteiger partial charge in [-0.15, -0.1) is 0 Å². The second-order valence-corrected chi connectivity index (χ2v) is 5.60. The molecule has 1 heteroatoms. The third-order valence-corrected chi connectivity index (χ3v) is 4.35. The van der Waals surface area contributed by atoms with E-state index in [0.717, 1.165) is 17.5 Å². The van der Waals surface area contributed by atoms with Crippen molar-refractivity contribution in [3.05, 3.63) is 88.5 Å². The monoisotopic (exact) mass is 276 g/mol. The third-order valence-electron chi connectivity index (χ3n) is 4.35. The maximum absolute atomic E-state index is 10.7. The first-order valence-electron chi connectivity index (χ1n) is 7.37. The molecule has 0 amide bonds. The third kappa shape index (κ3) is 2.57. The summed E-state index contributed by atoms with van der Waals surface area (Å²) in [4.78, 5) is 0. The van der Waals surface area contributed by atoms with Crippen LogP contribution < -0.4 is 0 Å². The highest BCUT2D eigenvalue weighted by molar-refractivity contribution is 5.78. The maximum atomic E-state index is 10.7. The van der Waals surface area contributed by atoms with E-state index in [0.29, 0.717) is 0 Å². The van der Waals surface area contributed by atoms with Gasteiger partial charge in [-0.3, -0.25) is 0 Å². The molecule has 1 aliphatic carbocycles. The number of aliphatic hydroxyl groups excluding tert-OH is 1. The van der Waals surface area contributed by atoms with Crippen molar-refractivity contribution in [1.82, 2.24) is 0 Å². The van der Waals surface area contributed by atoms with Gasteiger partial charge in [0.1, 0.15) is 6.10 Å². The van der Waals surface area contributed by atoms with Crippen molar-refractivity contribution < 1.29 is 5.11 Å². The Morgan fingerprint density at radius 2 is 1.57 bits per heavy atom. The van der Waals surface area contributed by atoms with Crippen LogP contribution in [-0.4, -0.2) is 5.11 Å². The number of aliphatic hydroxyl groups is 1. The SMILES string of the molecule is CC1=CCC(c2ccccc2C(O)c2ccccc2)=C1C. The first kappa shape index (κ1) is 13.8. The molecule has 0 saturated heterocycles. The molecule has 3 rings (SSSR count). The molecule has 1 nitrogen and oxygen atoms in total. The Kier molecular flexibility index (Phi) is 3.76. The molecule has 0 spiro atoms. The van der Waals surface area contributed by atoms with E-state index in [4.69, 9.17) is 0 Å². The van der Waals surface area contributed by atoms with Gasteiger partial charge in [-0.1, -0.05) is 66.2 Å². The van der Waals surface area contributed by atoms with Gasteiger partial charge in [0.25, 0.3) is 0 Å². The summed E-state index contributed by atoms with van der Waals surface area (Å²) in [5, 5.41) is 10.7. The Morgan fingerprint density at radius 3 is 2.24 bits per heavy atom. The lowest BCUT2D eigenvalue weighted by molar-refractivity contribution is 0.220. The number of hydrogen-bond acceptors (Lipinski definition) is 1. The topological polar surface area (TPSA) is 20.2 Å². The van der Waals surface area contributed by atoms with Crippen molar-refractivity contribution in [3.63, 3.8) is 0 Å². The van der Waals surface area contributed by atoms with E-state index < -0.39 is 6.10 Å². The average Bonchev–Trinajstić information content (AvgIpc) is 2.87. The van der Waals surface area contributed by atoms with E-state index >= 15 is 0 Å². The van der Waals surface area contributed by atoms with Gasteiger partial charge in [-0.2, -0.15) is 0 Å². The first-order valence-corrected chi connectivity index (χ1v) is 7.37. The van der Waals surface area contributed by atoms with Gasteiger partial charge in [-0.05, 0) is 48.1 Å². The molecule has 0 saturated carbocycles. The van der Waals surface area contributed by atoms with E-state index in [1.165, 1.54) is 22.3 Å². The molecule has 2 aromatic carbocycles. The van der Waals surface area contributed by atoms with Crippen molar-refractivity contribution in [2.45, 2.75) is 26.4 Å². The zero-order valence-corrected chi connectivity index (χ0v) is 12.5. The van der Waals surface area contributed by atoms with Gasteiger partial charge in [0.15, 0.2) is 0 Å². The summed E-state index contributed by atoms with van der Waals surface area (Å²) < 4.78 is 0. The highest BCUT2D eigenvalue weighted by Gasteiger charge is 2.19. The first-order chi connectivity index (χ1) is 10.2. The summed E-state index contributed by atoms with van der Waals surface area (Å²) in [5.74, 6) is 0. The van der Waals surface area contributed by atoms with Gasteiger partial charge >= 0.3 is 0 Å². The van der Waals surface area contributed by atoms with Gasteiger partial charge in [0.05, 0.1) is 0 Å². The molecule has 0 heterocycles. The summed E-state index contributed by atoms with van der Waals surface area (Å²) in [6.45, 7) is 4.32. The lowest BCUT2D eigenvalue weighted by Gasteiger charge is -2.17. The van der Waals surface area contributed by atoms with Crippen molar-refractivity contribution in [2.24, 2.45) is 0 Å². The Hall–Kier alpha value is -2.12. The van der Waals surface area contributed by atoms with E-state index in [9.17, 15) is 5.11 Å². The summed E-state index contributed by atoms with van der Waals surface area (Å²) in [6, 6.07) is 18.0. The summed E-state index contributed by atoms with van der Waals surface area (Å²) in [5.41, 5.74) is 7.10. The van der Waals surface area contributed by atoms with Gasteiger partial charge in [0.2, 0.25) is 0 Å². The zero-order valence-electron chi connectivity index (χ0n) is 12.5. The molecule has 1 N–H and O–H groups in total. The van der Waals surface area contributed by atoms with Crippen LogP contribution >= 0.6 is 0 Å². The van der Waals surface area contributed by atoms with Crippen molar-refractivity contribution >= 4 is 5.57 Å². The normalized spacial score (nSPS) is 16.0. The molecule has 0 bridgehead atoms. The van der Waals surface area contributed by atoms with Crippen molar-refractivity contribution in [3.8, 4) is 0 Å². The fraction of sp³-hybridized carbons (Fsp3) is 0.200. The summed E-state index contributed by atoms with van der Waals surface area (Å²) in [6.07, 6.45) is 2.63. The Morgan fingerprint density at radius 1 is 0.905 bits per heavy atom. The maximum Gasteiger partial charge on any atom is 0.105 e. The fourth-order valence-electron chi connectivity index (χ4n) is 2.94.